The molecule has 0 aliphatic heterocycles. The fourth-order valence-electron chi connectivity index (χ4n) is 2.05. The van der Waals surface area contributed by atoms with Crippen LogP contribution in [0.2, 0.25) is 5.28 Å². The maximum atomic E-state index is 14.3. The summed E-state index contributed by atoms with van der Waals surface area (Å²) < 4.78 is 14.3. The van der Waals surface area contributed by atoms with E-state index in [4.69, 9.17) is 16.9 Å². The van der Waals surface area contributed by atoms with Gasteiger partial charge in [-0.15, -0.1) is 0 Å². The first kappa shape index (κ1) is 14.3. The molecule has 0 radical (unpaired) electrons. The van der Waals surface area contributed by atoms with Gasteiger partial charge < -0.3 is 0 Å². The van der Waals surface area contributed by atoms with Crippen LogP contribution in [0.4, 0.5) is 4.39 Å². The Morgan fingerprint density at radius 2 is 1.82 bits per heavy atom. The van der Waals surface area contributed by atoms with E-state index in [9.17, 15) is 4.39 Å². The van der Waals surface area contributed by atoms with Gasteiger partial charge in [-0.25, -0.2) is 19.3 Å². The largest absolute Gasteiger partial charge is 0.246 e. The minimum atomic E-state index is -0.574. The molecule has 0 bridgehead atoms. The maximum Gasteiger partial charge on any atom is 0.225 e. The Morgan fingerprint density at radius 1 is 1.09 bits per heavy atom. The van der Waals surface area contributed by atoms with Crippen LogP contribution in [0.1, 0.15) is 17.0 Å². The van der Waals surface area contributed by atoms with E-state index in [2.05, 4.69) is 19.9 Å². The van der Waals surface area contributed by atoms with Crippen molar-refractivity contribution in [2.75, 3.05) is 0 Å². The Kier molecular flexibility index (Phi) is 3.43. The van der Waals surface area contributed by atoms with Crippen LogP contribution in [0, 0.1) is 31.0 Å². The molecular weight excluding hydrogens is 305 g/mol. The van der Waals surface area contributed by atoms with Gasteiger partial charge in [0.2, 0.25) is 5.28 Å². The van der Waals surface area contributed by atoms with Gasteiger partial charge in [0.25, 0.3) is 0 Å². The predicted octanol–water partition coefficient (Wildman–Crippen LogP) is 3.37. The zero-order chi connectivity index (χ0) is 15.9. The first-order chi connectivity index (χ1) is 10.5. The van der Waals surface area contributed by atoms with Crippen molar-refractivity contribution in [3.05, 3.63) is 46.3 Å². The molecule has 2 heterocycles. The predicted molar refractivity (Wildman–Crippen MR) is 79.7 cm³/mol. The molecule has 1 aromatic carbocycles. The molecule has 2 aromatic heterocycles. The molecule has 0 unspecified atom stereocenters. The summed E-state index contributed by atoms with van der Waals surface area (Å²) >= 11 is 5.91. The molecule has 0 spiro atoms. The SMILES string of the molecule is Cc1nc2nc(Cl)nc(-c3ccc(C#N)cc3F)c2nc1C. The average molecular weight is 314 g/mol. The van der Waals surface area contributed by atoms with Crippen LogP contribution in [-0.2, 0) is 0 Å². The van der Waals surface area contributed by atoms with Gasteiger partial charge >= 0.3 is 0 Å². The molecule has 108 valence electrons. The summed E-state index contributed by atoms with van der Waals surface area (Å²) in [5.74, 6) is -0.574. The Labute approximate surface area is 130 Å². The molecule has 3 rings (SSSR count). The van der Waals surface area contributed by atoms with Gasteiger partial charge in [-0.3, -0.25) is 0 Å². The average Bonchev–Trinajstić information content (AvgIpc) is 2.48. The van der Waals surface area contributed by atoms with Gasteiger partial charge in [0, 0.05) is 5.56 Å². The summed E-state index contributed by atoms with van der Waals surface area (Å²) in [6, 6.07) is 6.01. The second-order valence-electron chi connectivity index (χ2n) is 4.71. The lowest BCUT2D eigenvalue weighted by Crippen LogP contribution is -2.01. The summed E-state index contributed by atoms with van der Waals surface area (Å²) in [6.07, 6.45) is 0. The molecular formula is C15H9ClFN5. The molecule has 0 atom stereocenters. The van der Waals surface area contributed by atoms with Crippen molar-refractivity contribution in [1.82, 2.24) is 19.9 Å². The third-order valence-electron chi connectivity index (χ3n) is 3.27. The van der Waals surface area contributed by atoms with Crippen LogP contribution in [-0.4, -0.2) is 19.9 Å². The van der Waals surface area contributed by atoms with Crippen molar-refractivity contribution < 1.29 is 4.39 Å². The number of aromatic nitrogens is 4. The summed E-state index contributed by atoms with van der Waals surface area (Å²) in [4.78, 5) is 16.8. The minimum Gasteiger partial charge on any atom is -0.246 e. The fourth-order valence-corrected chi connectivity index (χ4v) is 2.21. The molecule has 0 saturated carbocycles. The number of rotatable bonds is 1. The van der Waals surface area contributed by atoms with E-state index < -0.39 is 5.82 Å². The van der Waals surface area contributed by atoms with Crippen LogP contribution in [0.5, 0.6) is 0 Å². The highest BCUT2D eigenvalue weighted by Gasteiger charge is 2.16. The zero-order valence-corrected chi connectivity index (χ0v) is 12.5. The smallest absolute Gasteiger partial charge is 0.225 e. The topological polar surface area (TPSA) is 75.3 Å². The summed E-state index contributed by atoms with van der Waals surface area (Å²) in [6.45, 7) is 3.61. The van der Waals surface area contributed by atoms with Crippen LogP contribution in [0.15, 0.2) is 18.2 Å². The Balaban J connectivity index is 2.35. The monoisotopic (exact) mass is 313 g/mol. The van der Waals surface area contributed by atoms with Crippen molar-refractivity contribution in [2.24, 2.45) is 0 Å². The number of nitrogens with zero attached hydrogens (tertiary/aromatic N) is 5. The Hall–Kier alpha value is -2.65. The minimum absolute atomic E-state index is 0.0381. The highest BCUT2D eigenvalue weighted by molar-refractivity contribution is 6.28. The number of aryl methyl sites for hydroxylation is 2. The molecule has 0 N–H and O–H groups in total. The molecule has 7 heteroatoms. The molecule has 5 nitrogen and oxygen atoms in total. The van der Waals surface area contributed by atoms with Crippen molar-refractivity contribution >= 4 is 22.8 Å². The zero-order valence-electron chi connectivity index (χ0n) is 11.7. The number of hydrogen-bond acceptors (Lipinski definition) is 5. The van der Waals surface area contributed by atoms with Gasteiger partial charge in [-0.2, -0.15) is 10.2 Å². The molecule has 0 saturated heterocycles. The third kappa shape index (κ3) is 2.36. The van der Waals surface area contributed by atoms with Crippen LogP contribution < -0.4 is 0 Å². The first-order valence-electron chi connectivity index (χ1n) is 6.38. The Morgan fingerprint density at radius 3 is 2.50 bits per heavy atom. The lowest BCUT2D eigenvalue weighted by molar-refractivity contribution is 0.630. The highest BCUT2D eigenvalue weighted by Crippen LogP contribution is 2.28. The molecule has 0 aliphatic carbocycles. The van der Waals surface area contributed by atoms with Crippen LogP contribution in [0.25, 0.3) is 22.4 Å². The summed E-state index contributed by atoms with van der Waals surface area (Å²) in [7, 11) is 0. The van der Waals surface area contributed by atoms with E-state index in [0.717, 1.165) is 6.07 Å². The standard InChI is InChI=1S/C15H9ClFN5/c1-7-8(2)20-14-13(19-7)12(21-15(16)22-14)10-4-3-9(6-18)5-11(10)17/h3-5H,1-2H3. The number of benzene rings is 1. The van der Waals surface area contributed by atoms with E-state index in [1.807, 2.05) is 6.07 Å². The van der Waals surface area contributed by atoms with Gasteiger partial charge in [-0.05, 0) is 43.6 Å². The number of hydrogen-bond donors (Lipinski definition) is 0. The molecule has 3 aromatic rings. The maximum absolute atomic E-state index is 14.3. The normalized spacial score (nSPS) is 10.7. The fraction of sp³-hybridized carbons (Fsp3) is 0.133. The van der Waals surface area contributed by atoms with Crippen molar-refractivity contribution in [3.63, 3.8) is 0 Å². The lowest BCUT2D eigenvalue weighted by atomic mass is 10.1. The quantitative estimate of drug-likeness (QED) is 0.644. The number of nitriles is 1. The second kappa shape index (κ2) is 5.28. The van der Waals surface area contributed by atoms with E-state index in [1.54, 1.807) is 13.8 Å². The number of fused-ring (bicyclic) bond motifs is 1. The molecule has 0 amide bonds. The summed E-state index contributed by atoms with van der Waals surface area (Å²) in [5.41, 5.74) is 2.78. The van der Waals surface area contributed by atoms with Gasteiger partial charge in [0.05, 0.1) is 23.0 Å². The van der Waals surface area contributed by atoms with Gasteiger partial charge in [0.1, 0.15) is 17.0 Å². The van der Waals surface area contributed by atoms with Crippen molar-refractivity contribution in [3.8, 4) is 17.3 Å². The van der Waals surface area contributed by atoms with Crippen LogP contribution in [0.3, 0.4) is 0 Å². The highest BCUT2D eigenvalue weighted by atomic mass is 35.5. The first-order valence-corrected chi connectivity index (χ1v) is 6.76. The second-order valence-corrected chi connectivity index (χ2v) is 5.05. The van der Waals surface area contributed by atoms with E-state index in [-0.39, 0.29) is 22.1 Å². The number of halogens is 2. The van der Waals surface area contributed by atoms with E-state index in [1.165, 1.54) is 12.1 Å². The molecule has 0 aliphatic rings. The van der Waals surface area contributed by atoms with E-state index >= 15 is 0 Å². The lowest BCUT2D eigenvalue weighted by Gasteiger charge is -2.08. The van der Waals surface area contributed by atoms with Crippen LogP contribution >= 0.6 is 11.6 Å². The van der Waals surface area contributed by atoms with Gasteiger partial charge in [0.15, 0.2) is 5.65 Å². The molecule has 0 fully saturated rings. The van der Waals surface area contributed by atoms with Gasteiger partial charge in [-0.1, -0.05) is 0 Å². The molecule has 22 heavy (non-hydrogen) atoms. The third-order valence-corrected chi connectivity index (χ3v) is 3.44. The summed E-state index contributed by atoms with van der Waals surface area (Å²) in [5, 5.41) is 8.78. The van der Waals surface area contributed by atoms with Crippen molar-refractivity contribution in [2.45, 2.75) is 13.8 Å². The van der Waals surface area contributed by atoms with Crippen molar-refractivity contribution in [1.29, 1.82) is 5.26 Å². The van der Waals surface area contributed by atoms with E-state index in [0.29, 0.717) is 22.6 Å². The Bertz CT molecular complexity index is 949.